The van der Waals surface area contributed by atoms with Gasteiger partial charge in [-0.15, -0.1) is 0 Å². The normalized spacial score (nSPS) is 9.50. The van der Waals surface area contributed by atoms with Crippen molar-refractivity contribution < 1.29 is 19.1 Å². The molecule has 0 unspecified atom stereocenters. The van der Waals surface area contributed by atoms with Gasteiger partial charge < -0.3 is 10.4 Å². The predicted molar refractivity (Wildman–Crippen MR) is 45.1 cm³/mol. The van der Waals surface area contributed by atoms with Crippen LogP contribution >= 0.6 is 0 Å². The fourth-order valence-electron chi connectivity index (χ4n) is 0.792. The number of carbonyl (C=O) groups is 2. The van der Waals surface area contributed by atoms with E-state index in [9.17, 15) is 14.0 Å². The number of anilines is 1. The van der Waals surface area contributed by atoms with E-state index in [0.29, 0.717) is 0 Å². The zero-order valence-electron chi connectivity index (χ0n) is 7.03. The van der Waals surface area contributed by atoms with Gasteiger partial charge in [0.05, 0.1) is 11.9 Å². The monoisotopic (exact) mass is 198 g/mol. The van der Waals surface area contributed by atoms with Gasteiger partial charge in [0.15, 0.2) is 0 Å². The molecular formula is C8H7FN2O3. The van der Waals surface area contributed by atoms with Gasteiger partial charge in [-0.3, -0.25) is 9.59 Å². The Labute approximate surface area is 78.6 Å². The Kier molecular flexibility index (Phi) is 3.11. The summed E-state index contributed by atoms with van der Waals surface area (Å²) in [5.41, 5.74) is 0.262. The number of carboxylic acids is 1. The fraction of sp³-hybridized carbons (Fsp3) is 0.125. The summed E-state index contributed by atoms with van der Waals surface area (Å²) < 4.78 is 12.3. The van der Waals surface area contributed by atoms with E-state index < -0.39 is 24.2 Å². The van der Waals surface area contributed by atoms with E-state index in [2.05, 4.69) is 10.3 Å². The highest BCUT2D eigenvalue weighted by atomic mass is 19.1. The predicted octanol–water partition coefficient (Wildman–Crippen LogP) is 0.634. The number of halogens is 1. The molecule has 0 fully saturated rings. The highest BCUT2D eigenvalue weighted by molar-refractivity contribution is 6.01. The minimum absolute atomic E-state index is 0.262. The molecule has 0 spiro atoms. The quantitative estimate of drug-likeness (QED) is 0.551. The lowest BCUT2D eigenvalue weighted by Crippen LogP contribution is -2.15. The molecule has 14 heavy (non-hydrogen) atoms. The van der Waals surface area contributed by atoms with Crippen LogP contribution in [0, 0.1) is 5.95 Å². The van der Waals surface area contributed by atoms with Gasteiger partial charge in [0, 0.05) is 0 Å². The molecule has 0 aliphatic heterocycles. The van der Waals surface area contributed by atoms with Crippen molar-refractivity contribution in [1.82, 2.24) is 4.98 Å². The molecule has 1 aromatic heterocycles. The van der Waals surface area contributed by atoms with E-state index in [1.54, 1.807) is 0 Å². The van der Waals surface area contributed by atoms with Crippen molar-refractivity contribution in [1.29, 1.82) is 0 Å². The first-order chi connectivity index (χ1) is 6.58. The van der Waals surface area contributed by atoms with Crippen LogP contribution in [0.1, 0.15) is 6.42 Å². The molecule has 0 radical (unpaired) electrons. The second-order valence-electron chi connectivity index (χ2n) is 2.49. The summed E-state index contributed by atoms with van der Waals surface area (Å²) in [6, 6.07) is 2.36. The first-order valence-corrected chi connectivity index (χ1v) is 3.71. The van der Waals surface area contributed by atoms with Crippen LogP contribution in [0.5, 0.6) is 0 Å². The van der Waals surface area contributed by atoms with Crippen LogP contribution in [0.3, 0.4) is 0 Å². The molecular weight excluding hydrogens is 191 g/mol. The smallest absolute Gasteiger partial charge is 0.312 e. The number of pyridine rings is 1. The maximum Gasteiger partial charge on any atom is 0.312 e. The average molecular weight is 198 g/mol. The maximum atomic E-state index is 12.3. The molecule has 1 aromatic rings. The van der Waals surface area contributed by atoms with Gasteiger partial charge in [-0.25, -0.2) is 4.98 Å². The van der Waals surface area contributed by atoms with Crippen molar-refractivity contribution >= 4 is 17.6 Å². The number of nitrogens with zero attached hydrogens (tertiary/aromatic N) is 1. The van der Waals surface area contributed by atoms with Gasteiger partial charge in [0.25, 0.3) is 0 Å². The van der Waals surface area contributed by atoms with Crippen molar-refractivity contribution in [3.05, 3.63) is 24.3 Å². The summed E-state index contributed by atoms with van der Waals surface area (Å²) in [5.74, 6) is -2.57. The van der Waals surface area contributed by atoms with Gasteiger partial charge >= 0.3 is 5.97 Å². The SMILES string of the molecule is O=C(O)CC(=O)Nc1ccc(F)nc1. The summed E-state index contributed by atoms with van der Waals surface area (Å²) >= 11 is 0. The number of carboxylic acid groups (broad SMARTS) is 1. The molecule has 74 valence electrons. The molecule has 6 heteroatoms. The summed E-state index contributed by atoms with van der Waals surface area (Å²) in [6.45, 7) is 0. The third-order valence-electron chi connectivity index (χ3n) is 1.32. The van der Waals surface area contributed by atoms with Crippen LogP contribution in [0.4, 0.5) is 10.1 Å². The average Bonchev–Trinajstić information content (AvgIpc) is 2.07. The number of rotatable bonds is 3. The lowest BCUT2D eigenvalue weighted by Gasteiger charge is -2.01. The number of aromatic nitrogens is 1. The van der Waals surface area contributed by atoms with Crippen molar-refractivity contribution in [2.45, 2.75) is 6.42 Å². The Hall–Kier alpha value is -1.98. The summed E-state index contributed by atoms with van der Waals surface area (Å²) in [4.78, 5) is 24.3. The van der Waals surface area contributed by atoms with Crippen LogP contribution in [-0.4, -0.2) is 22.0 Å². The Morgan fingerprint density at radius 1 is 1.50 bits per heavy atom. The van der Waals surface area contributed by atoms with E-state index >= 15 is 0 Å². The van der Waals surface area contributed by atoms with E-state index in [1.165, 1.54) is 6.07 Å². The van der Waals surface area contributed by atoms with Crippen molar-refractivity contribution in [3.8, 4) is 0 Å². The number of carbonyl (C=O) groups excluding carboxylic acids is 1. The second-order valence-corrected chi connectivity index (χ2v) is 2.49. The molecule has 0 saturated carbocycles. The van der Waals surface area contributed by atoms with Gasteiger partial charge in [-0.1, -0.05) is 0 Å². The first kappa shape index (κ1) is 10.1. The number of aliphatic carboxylic acids is 1. The standard InChI is InChI=1S/C8H7FN2O3/c9-6-2-1-5(4-10-6)11-7(12)3-8(13)14/h1-2,4H,3H2,(H,11,12)(H,13,14). The fourth-order valence-corrected chi connectivity index (χ4v) is 0.792. The van der Waals surface area contributed by atoms with Crippen LogP contribution < -0.4 is 5.32 Å². The molecule has 0 bridgehead atoms. The van der Waals surface area contributed by atoms with Gasteiger partial charge in [0.2, 0.25) is 11.9 Å². The van der Waals surface area contributed by atoms with E-state index in [1.807, 2.05) is 0 Å². The molecule has 0 aromatic carbocycles. The van der Waals surface area contributed by atoms with Crippen molar-refractivity contribution in [2.24, 2.45) is 0 Å². The van der Waals surface area contributed by atoms with Gasteiger partial charge in [0.1, 0.15) is 6.42 Å². The molecule has 1 heterocycles. The van der Waals surface area contributed by atoms with Crippen molar-refractivity contribution in [3.63, 3.8) is 0 Å². The Morgan fingerprint density at radius 2 is 2.21 bits per heavy atom. The molecule has 0 saturated heterocycles. The largest absolute Gasteiger partial charge is 0.481 e. The molecule has 2 N–H and O–H groups in total. The Morgan fingerprint density at radius 3 is 2.71 bits per heavy atom. The summed E-state index contributed by atoms with van der Waals surface area (Å²) in [6.07, 6.45) is 0.479. The molecule has 0 aliphatic rings. The van der Waals surface area contributed by atoms with Crippen LogP contribution in [0.15, 0.2) is 18.3 Å². The van der Waals surface area contributed by atoms with E-state index in [0.717, 1.165) is 12.3 Å². The summed E-state index contributed by atoms with van der Waals surface area (Å²) in [7, 11) is 0. The first-order valence-electron chi connectivity index (χ1n) is 3.71. The molecule has 1 rings (SSSR count). The Balaban J connectivity index is 2.56. The van der Waals surface area contributed by atoms with Crippen LogP contribution in [0.2, 0.25) is 0 Å². The van der Waals surface area contributed by atoms with E-state index in [-0.39, 0.29) is 5.69 Å². The number of hydrogen-bond acceptors (Lipinski definition) is 3. The summed E-state index contributed by atoms with van der Waals surface area (Å²) in [5, 5.41) is 10.5. The minimum Gasteiger partial charge on any atom is -0.481 e. The number of hydrogen-bond donors (Lipinski definition) is 2. The molecule has 1 amide bonds. The second kappa shape index (κ2) is 4.31. The minimum atomic E-state index is -1.22. The number of amides is 1. The highest BCUT2D eigenvalue weighted by Crippen LogP contribution is 2.05. The zero-order valence-corrected chi connectivity index (χ0v) is 7.03. The number of nitrogens with one attached hydrogen (secondary N) is 1. The molecule has 0 aliphatic carbocycles. The van der Waals surface area contributed by atoms with Crippen molar-refractivity contribution in [2.75, 3.05) is 5.32 Å². The lowest BCUT2D eigenvalue weighted by molar-refractivity contribution is -0.139. The maximum absolute atomic E-state index is 12.3. The van der Waals surface area contributed by atoms with Gasteiger partial charge in [-0.2, -0.15) is 4.39 Å². The third kappa shape index (κ3) is 3.18. The van der Waals surface area contributed by atoms with Crippen LogP contribution in [-0.2, 0) is 9.59 Å². The molecule has 0 atom stereocenters. The molecule has 5 nitrogen and oxygen atoms in total. The zero-order chi connectivity index (χ0) is 10.6. The Bertz CT molecular complexity index is 350. The third-order valence-corrected chi connectivity index (χ3v) is 1.32. The van der Waals surface area contributed by atoms with Gasteiger partial charge in [-0.05, 0) is 12.1 Å². The van der Waals surface area contributed by atoms with Crippen LogP contribution in [0.25, 0.3) is 0 Å². The van der Waals surface area contributed by atoms with E-state index in [4.69, 9.17) is 5.11 Å². The highest BCUT2D eigenvalue weighted by Gasteiger charge is 2.07. The lowest BCUT2D eigenvalue weighted by atomic mass is 10.3. The topological polar surface area (TPSA) is 79.3 Å².